The molecule has 1 heterocycles. The van der Waals surface area contributed by atoms with Gasteiger partial charge >= 0.3 is 0 Å². The first-order valence-corrected chi connectivity index (χ1v) is 9.46. The Balaban J connectivity index is 1.98. The standard InChI is InChI=1S/C13H16ClN3O2S2/c1-17(11-7-3-2-5-9(11)14)21(18,19)12-8-4-6-10-13(12)16-20-15-10/h4,6,8-9,11H,2-3,5,7H2,1H3. The summed E-state index contributed by atoms with van der Waals surface area (Å²) in [4.78, 5) is 0.214. The fourth-order valence-corrected chi connectivity index (χ4v) is 5.49. The Morgan fingerprint density at radius 1 is 1.29 bits per heavy atom. The van der Waals surface area contributed by atoms with Crippen molar-refractivity contribution in [2.24, 2.45) is 8.73 Å². The molecule has 0 N–H and O–H groups in total. The Morgan fingerprint density at radius 3 is 2.81 bits per heavy atom. The van der Waals surface area contributed by atoms with Crippen LogP contribution in [0.5, 0.6) is 0 Å². The summed E-state index contributed by atoms with van der Waals surface area (Å²) < 4.78 is 35.4. The molecule has 5 nitrogen and oxygen atoms in total. The molecule has 1 aliphatic heterocycles. The zero-order chi connectivity index (χ0) is 15.0. The highest BCUT2D eigenvalue weighted by molar-refractivity contribution is 7.89. The number of hydrogen-bond acceptors (Lipinski definition) is 4. The van der Waals surface area contributed by atoms with Crippen LogP contribution in [0.2, 0.25) is 0 Å². The van der Waals surface area contributed by atoms with E-state index in [9.17, 15) is 8.42 Å². The minimum Gasteiger partial charge on any atom is -0.207 e. The molecule has 0 aromatic heterocycles. The monoisotopic (exact) mass is 345 g/mol. The zero-order valence-electron chi connectivity index (χ0n) is 11.6. The summed E-state index contributed by atoms with van der Waals surface area (Å²) in [5.41, 5.74) is 1.05. The van der Waals surface area contributed by atoms with Crippen LogP contribution in [-0.4, -0.2) is 31.2 Å². The van der Waals surface area contributed by atoms with Crippen molar-refractivity contribution in [2.75, 3.05) is 7.05 Å². The predicted molar refractivity (Wildman–Crippen MR) is 84.8 cm³/mol. The summed E-state index contributed by atoms with van der Waals surface area (Å²) in [6.07, 6.45) is 3.73. The van der Waals surface area contributed by atoms with Gasteiger partial charge in [0.2, 0.25) is 10.0 Å². The van der Waals surface area contributed by atoms with Crippen molar-refractivity contribution >= 4 is 44.4 Å². The molecule has 3 rings (SSSR count). The second-order valence-corrected chi connectivity index (χ2v) is 8.33. The number of nitrogens with zero attached hydrogens (tertiary/aromatic N) is 3. The van der Waals surface area contributed by atoms with Crippen molar-refractivity contribution in [3.63, 3.8) is 0 Å². The fourth-order valence-electron chi connectivity index (χ4n) is 2.80. The smallest absolute Gasteiger partial charge is 0.207 e. The molecule has 0 bridgehead atoms. The van der Waals surface area contributed by atoms with Gasteiger partial charge in [-0.1, -0.05) is 18.9 Å². The molecule has 1 saturated carbocycles. The van der Waals surface area contributed by atoms with Gasteiger partial charge in [-0.25, -0.2) is 8.42 Å². The molecule has 0 amide bonds. The van der Waals surface area contributed by atoms with Crippen LogP contribution in [0.25, 0.3) is 0 Å². The quantitative estimate of drug-likeness (QED) is 0.798. The van der Waals surface area contributed by atoms with Gasteiger partial charge in [-0.2, -0.15) is 13.0 Å². The Labute approximate surface area is 133 Å². The van der Waals surface area contributed by atoms with E-state index in [1.807, 2.05) is 0 Å². The molecule has 1 aliphatic carbocycles. The van der Waals surface area contributed by atoms with Crippen molar-refractivity contribution in [3.8, 4) is 0 Å². The molecule has 0 radical (unpaired) electrons. The number of hydrogen-bond donors (Lipinski definition) is 0. The van der Waals surface area contributed by atoms with Gasteiger partial charge in [0.1, 0.15) is 16.3 Å². The van der Waals surface area contributed by atoms with E-state index in [2.05, 4.69) is 8.73 Å². The third-order valence-corrected chi connectivity index (χ3v) is 6.99. The van der Waals surface area contributed by atoms with Gasteiger partial charge < -0.3 is 0 Å². The van der Waals surface area contributed by atoms with Crippen LogP contribution < -0.4 is 0 Å². The molecule has 2 atom stereocenters. The summed E-state index contributed by atoms with van der Waals surface area (Å²) in [6.45, 7) is 0. The highest BCUT2D eigenvalue weighted by atomic mass is 35.5. The molecule has 1 fully saturated rings. The molecular formula is C13H16ClN3O2S2. The maximum Gasteiger partial charge on any atom is 0.245 e. The molecule has 8 heteroatoms. The molecule has 1 aromatic carbocycles. The lowest BCUT2D eigenvalue weighted by molar-refractivity contribution is 0.291. The number of benzene rings is 1. The summed E-state index contributed by atoms with van der Waals surface area (Å²) >= 11 is 7.36. The molecule has 114 valence electrons. The lowest BCUT2D eigenvalue weighted by Crippen LogP contribution is -2.44. The van der Waals surface area contributed by atoms with Crippen LogP contribution in [0.4, 0.5) is 11.4 Å². The minimum absolute atomic E-state index is 0.133. The summed E-state index contributed by atoms with van der Waals surface area (Å²) in [7, 11) is -2.00. The van der Waals surface area contributed by atoms with Crippen LogP contribution in [0, 0.1) is 0 Å². The van der Waals surface area contributed by atoms with Crippen LogP contribution >= 0.6 is 11.6 Å². The van der Waals surface area contributed by atoms with Gasteiger partial charge in [-0.3, -0.25) is 0 Å². The minimum atomic E-state index is -3.61. The fraction of sp³-hybridized carbons (Fsp3) is 0.538. The van der Waals surface area contributed by atoms with Crippen LogP contribution in [0.15, 0.2) is 31.8 Å². The maximum absolute atomic E-state index is 12.9. The molecular weight excluding hydrogens is 330 g/mol. The number of sulfonamides is 1. The van der Waals surface area contributed by atoms with E-state index in [0.29, 0.717) is 11.4 Å². The van der Waals surface area contributed by atoms with Crippen molar-refractivity contribution in [1.82, 2.24) is 4.31 Å². The number of halogens is 1. The van der Waals surface area contributed by atoms with Gasteiger partial charge in [0, 0.05) is 13.1 Å². The van der Waals surface area contributed by atoms with E-state index in [1.54, 1.807) is 25.2 Å². The van der Waals surface area contributed by atoms with E-state index in [0.717, 1.165) is 37.0 Å². The highest BCUT2D eigenvalue weighted by Crippen LogP contribution is 2.39. The molecule has 2 unspecified atom stereocenters. The molecule has 0 saturated heterocycles. The van der Waals surface area contributed by atoms with E-state index in [1.165, 1.54) is 4.31 Å². The largest absolute Gasteiger partial charge is 0.245 e. The molecule has 2 aliphatic rings. The molecule has 1 aromatic rings. The average Bonchev–Trinajstić information content (AvgIpc) is 2.95. The Bertz CT molecular complexity index is 729. The van der Waals surface area contributed by atoms with Gasteiger partial charge in [-0.05, 0) is 25.0 Å². The third kappa shape index (κ3) is 2.67. The van der Waals surface area contributed by atoms with Crippen molar-refractivity contribution in [2.45, 2.75) is 42.0 Å². The molecule has 0 spiro atoms. The van der Waals surface area contributed by atoms with Crippen molar-refractivity contribution in [3.05, 3.63) is 18.2 Å². The SMILES string of the molecule is CN(C1CCCCC1Cl)S(=O)(=O)c1cccc2c1N=S=N2. The number of rotatable bonds is 3. The third-order valence-electron chi connectivity index (χ3n) is 4.02. The second kappa shape index (κ2) is 5.79. The first-order chi connectivity index (χ1) is 10.0. The first-order valence-electron chi connectivity index (χ1n) is 6.85. The van der Waals surface area contributed by atoms with Gasteiger partial charge in [0.15, 0.2) is 0 Å². The zero-order valence-corrected chi connectivity index (χ0v) is 14.0. The van der Waals surface area contributed by atoms with Gasteiger partial charge in [0.25, 0.3) is 0 Å². The number of alkyl halides is 1. The summed E-state index contributed by atoms with van der Waals surface area (Å²) in [5, 5.41) is -0.133. The van der Waals surface area contributed by atoms with Crippen molar-refractivity contribution < 1.29 is 8.42 Å². The van der Waals surface area contributed by atoms with Gasteiger partial charge in [0.05, 0.1) is 16.7 Å². The highest BCUT2D eigenvalue weighted by Gasteiger charge is 2.36. The topological polar surface area (TPSA) is 62.1 Å². The van der Waals surface area contributed by atoms with E-state index in [-0.39, 0.29) is 16.3 Å². The van der Waals surface area contributed by atoms with Crippen LogP contribution in [0.1, 0.15) is 25.7 Å². The second-order valence-electron chi connectivity index (χ2n) is 5.28. The van der Waals surface area contributed by atoms with Crippen LogP contribution in [0.3, 0.4) is 0 Å². The van der Waals surface area contributed by atoms with Crippen molar-refractivity contribution in [1.29, 1.82) is 0 Å². The first kappa shape index (κ1) is 15.1. The normalized spacial score (nSPS) is 24.9. The lowest BCUT2D eigenvalue weighted by Gasteiger charge is -2.34. The lowest BCUT2D eigenvalue weighted by atomic mass is 9.95. The predicted octanol–water partition coefficient (Wildman–Crippen LogP) is 3.58. The number of fused-ring (bicyclic) bond motifs is 1. The maximum atomic E-state index is 12.9. The molecule has 21 heavy (non-hydrogen) atoms. The summed E-state index contributed by atoms with van der Waals surface area (Å²) in [5.74, 6) is 0. The van der Waals surface area contributed by atoms with E-state index < -0.39 is 10.0 Å². The van der Waals surface area contributed by atoms with Crippen LogP contribution in [-0.2, 0) is 21.4 Å². The Hall–Kier alpha value is -0.760. The average molecular weight is 346 g/mol. The van der Waals surface area contributed by atoms with E-state index >= 15 is 0 Å². The Morgan fingerprint density at radius 2 is 2.05 bits per heavy atom. The van der Waals surface area contributed by atoms with Gasteiger partial charge in [-0.15, -0.1) is 11.6 Å². The summed E-state index contributed by atoms with van der Waals surface area (Å²) in [6, 6.07) is 4.89. The Kier molecular flexibility index (Phi) is 4.18. The van der Waals surface area contributed by atoms with E-state index in [4.69, 9.17) is 11.6 Å².